The van der Waals surface area contributed by atoms with E-state index in [0.717, 1.165) is 16.9 Å². The molecular weight excluding hydrogens is 190 g/mol. The van der Waals surface area contributed by atoms with E-state index >= 15 is 0 Å². The van der Waals surface area contributed by atoms with E-state index in [1.165, 1.54) is 0 Å². The van der Waals surface area contributed by atoms with Gasteiger partial charge in [-0.3, -0.25) is 0 Å². The molecule has 1 aromatic carbocycles. The van der Waals surface area contributed by atoms with Crippen LogP contribution in [0.25, 0.3) is 0 Å². The van der Waals surface area contributed by atoms with Gasteiger partial charge in [0.05, 0.1) is 20.3 Å². The van der Waals surface area contributed by atoms with Crippen LogP contribution in [0.15, 0.2) is 30.4 Å². The van der Waals surface area contributed by atoms with Crippen molar-refractivity contribution < 1.29 is 9.47 Å². The normalized spacial score (nSPS) is 10.0. The maximum absolute atomic E-state index is 5.65. The van der Waals surface area contributed by atoms with Crippen LogP contribution in [0.4, 0.5) is 5.69 Å². The number of benzene rings is 1. The number of nitrogen functional groups attached to an aromatic ring is 1. The molecular formula is C12H17NO2. The summed E-state index contributed by atoms with van der Waals surface area (Å²) in [5.41, 5.74) is 8.33. The van der Waals surface area contributed by atoms with Crippen molar-refractivity contribution in [3.63, 3.8) is 0 Å². The first-order valence-electron chi connectivity index (χ1n) is 4.78. The lowest BCUT2D eigenvalue weighted by atomic mass is 10.2. The highest BCUT2D eigenvalue weighted by Gasteiger charge is 2.03. The first kappa shape index (κ1) is 11.6. The summed E-state index contributed by atoms with van der Waals surface area (Å²) in [6.45, 7) is 6.77. The number of hydrogen-bond acceptors (Lipinski definition) is 3. The van der Waals surface area contributed by atoms with Crippen molar-refractivity contribution in [1.82, 2.24) is 0 Å². The fourth-order valence-corrected chi connectivity index (χ4v) is 1.22. The van der Waals surface area contributed by atoms with Crippen LogP contribution in [-0.4, -0.2) is 13.7 Å². The van der Waals surface area contributed by atoms with Crippen LogP contribution in [0, 0.1) is 0 Å². The van der Waals surface area contributed by atoms with E-state index in [4.69, 9.17) is 15.2 Å². The number of anilines is 1. The van der Waals surface area contributed by atoms with Crippen LogP contribution in [-0.2, 0) is 11.3 Å². The topological polar surface area (TPSA) is 44.5 Å². The van der Waals surface area contributed by atoms with Gasteiger partial charge in [-0.25, -0.2) is 0 Å². The van der Waals surface area contributed by atoms with Crippen LogP contribution in [0.1, 0.15) is 12.5 Å². The summed E-state index contributed by atoms with van der Waals surface area (Å²) in [5, 5.41) is 0. The molecule has 0 aliphatic heterocycles. The van der Waals surface area contributed by atoms with Crippen molar-refractivity contribution in [1.29, 1.82) is 0 Å². The molecule has 0 heterocycles. The second-order valence-corrected chi connectivity index (χ2v) is 3.52. The van der Waals surface area contributed by atoms with Gasteiger partial charge in [0.2, 0.25) is 0 Å². The molecule has 3 heteroatoms. The van der Waals surface area contributed by atoms with Crippen LogP contribution in [0.3, 0.4) is 0 Å². The average Bonchev–Trinajstić information content (AvgIpc) is 2.19. The number of hydrogen-bond donors (Lipinski definition) is 1. The molecule has 0 amide bonds. The molecule has 82 valence electrons. The summed E-state index contributed by atoms with van der Waals surface area (Å²) >= 11 is 0. The van der Waals surface area contributed by atoms with Gasteiger partial charge < -0.3 is 15.2 Å². The van der Waals surface area contributed by atoms with E-state index in [2.05, 4.69) is 6.58 Å². The number of rotatable bonds is 5. The lowest BCUT2D eigenvalue weighted by Gasteiger charge is -2.09. The van der Waals surface area contributed by atoms with E-state index < -0.39 is 0 Å². The van der Waals surface area contributed by atoms with Crippen molar-refractivity contribution in [2.24, 2.45) is 0 Å². The Hall–Kier alpha value is -1.48. The van der Waals surface area contributed by atoms with Crippen LogP contribution < -0.4 is 10.5 Å². The Labute approximate surface area is 90.5 Å². The first-order chi connectivity index (χ1) is 7.13. The number of ether oxygens (including phenoxy) is 2. The molecule has 0 aliphatic carbocycles. The predicted octanol–water partition coefficient (Wildman–Crippen LogP) is 2.37. The molecule has 15 heavy (non-hydrogen) atoms. The van der Waals surface area contributed by atoms with Crippen molar-refractivity contribution in [3.8, 4) is 5.75 Å². The molecule has 0 aliphatic rings. The van der Waals surface area contributed by atoms with Gasteiger partial charge in [0.1, 0.15) is 5.75 Å². The van der Waals surface area contributed by atoms with E-state index in [0.29, 0.717) is 18.9 Å². The average molecular weight is 207 g/mol. The van der Waals surface area contributed by atoms with Gasteiger partial charge in [-0.05, 0) is 13.0 Å². The van der Waals surface area contributed by atoms with Gasteiger partial charge in [0, 0.05) is 17.3 Å². The maximum Gasteiger partial charge on any atom is 0.126 e. The molecule has 0 bridgehead atoms. The third-order valence-corrected chi connectivity index (χ3v) is 1.92. The quantitative estimate of drug-likeness (QED) is 0.595. The standard InChI is InChI=1S/C12H17NO2/c1-9(2)7-15-8-10-4-5-11(13)6-12(10)14-3/h4-6H,1,7-8,13H2,2-3H3. The SMILES string of the molecule is C=C(C)COCc1ccc(N)cc1OC. The van der Waals surface area contributed by atoms with Crippen LogP contribution >= 0.6 is 0 Å². The Kier molecular flexibility index (Phi) is 4.18. The summed E-state index contributed by atoms with van der Waals surface area (Å²) < 4.78 is 10.6. The fourth-order valence-electron chi connectivity index (χ4n) is 1.22. The molecule has 0 fully saturated rings. The molecule has 1 aromatic rings. The zero-order chi connectivity index (χ0) is 11.3. The molecule has 0 saturated heterocycles. The van der Waals surface area contributed by atoms with Crippen LogP contribution in [0.2, 0.25) is 0 Å². The van der Waals surface area contributed by atoms with Crippen molar-refractivity contribution in [3.05, 3.63) is 35.9 Å². The third-order valence-electron chi connectivity index (χ3n) is 1.92. The zero-order valence-electron chi connectivity index (χ0n) is 9.25. The van der Waals surface area contributed by atoms with Crippen LogP contribution in [0.5, 0.6) is 5.75 Å². The molecule has 0 aromatic heterocycles. The Bertz CT molecular complexity index is 347. The van der Waals surface area contributed by atoms with Gasteiger partial charge in [-0.15, -0.1) is 0 Å². The van der Waals surface area contributed by atoms with Crippen molar-refractivity contribution >= 4 is 5.69 Å². The summed E-state index contributed by atoms with van der Waals surface area (Å²) in [4.78, 5) is 0. The minimum Gasteiger partial charge on any atom is -0.496 e. The minimum atomic E-state index is 0.510. The first-order valence-corrected chi connectivity index (χ1v) is 4.78. The summed E-state index contributed by atoms with van der Waals surface area (Å²) in [6, 6.07) is 5.54. The second kappa shape index (κ2) is 5.41. The molecule has 0 saturated carbocycles. The number of nitrogens with two attached hydrogens (primary N) is 1. The molecule has 1 rings (SSSR count). The van der Waals surface area contributed by atoms with Gasteiger partial charge in [0.15, 0.2) is 0 Å². The van der Waals surface area contributed by atoms with Gasteiger partial charge >= 0.3 is 0 Å². The molecule has 2 N–H and O–H groups in total. The molecule has 0 spiro atoms. The highest BCUT2D eigenvalue weighted by molar-refractivity contribution is 5.48. The molecule has 3 nitrogen and oxygen atoms in total. The summed E-state index contributed by atoms with van der Waals surface area (Å²) in [7, 11) is 1.62. The lowest BCUT2D eigenvalue weighted by molar-refractivity contribution is 0.140. The number of methoxy groups -OCH3 is 1. The molecule has 0 atom stereocenters. The fraction of sp³-hybridized carbons (Fsp3) is 0.333. The highest BCUT2D eigenvalue weighted by Crippen LogP contribution is 2.22. The smallest absolute Gasteiger partial charge is 0.126 e. The minimum absolute atomic E-state index is 0.510. The lowest BCUT2D eigenvalue weighted by Crippen LogP contribution is -1.99. The Morgan fingerprint density at radius 2 is 2.20 bits per heavy atom. The van der Waals surface area contributed by atoms with Gasteiger partial charge in [-0.1, -0.05) is 18.2 Å². The van der Waals surface area contributed by atoms with E-state index in [1.54, 1.807) is 13.2 Å². The Morgan fingerprint density at radius 1 is 1.47 bits per heavy atom. The molecule has 0 unspecified atom stereocenters. The molecule has 0 radical (unpaired) electrons. The van der Waals surface area contributed by atoms with Crippen molar-refractivity contribution in [2.75, 3.05) is 19.5 Å². The van der Waals surface area contributed by atoms with Gasteiger partial charge in [-0.2, -0.15) is 0 Å². The van der Waals surface area contributed by atoms with E-state index in [1.807, 2.05) is 19.1 Å². The largest absolute Gasteiger partial charge is 0.496 e. The Balaban J connectivity index is 2.63. The van der Waals surface area contributed by atoms with Gasteiger partial charge in [0.25, 0.3) is 0 Å². The zero-order valence-corrected chi connectivity index (χ0v) is 9.25. The predicted molar refractivity (Wildman–Crippen MR) is 61.9 cm³/mol. The second-order valence-electron chi connectivity index (χ2n) is 3.52. The monoisotopic (exact) mass is 207 g/mol. The maximum atomic E-state index is 5.65. The highest BCUT2D eigenvalue weighted by atomic mass is 16.5. The third kappa shape index (κ3) is 3.64. The van der Waals surface area contributed by atoms with E-state index in [-0.39, 0.29) is 0 Å². The Morgan fingerprint density at radius 3 is 2.80 bits per heavy atom. The summed E-state index contributed by atoms with van der Waals surface area (Å²) in [6.07, 6.45) is 0. The van der Waals surface area contributed by atoms with Crippen molar-refractivity contribution in [2.45, 2.75) is 13.5 Å². The van der Waals surface area contributed by atoms with E-state index in [9.17, 15) is 0 Å². The summed E-state index contributed by atoms with van der Waals surface area (Å²) in [5.74, 6) is 0.761.